The normalized spacial score (nSPS) is 14.3. The first-order valence-corrected chi connectivity index (χ1v) is 14.5. The third kappa shape index (κ3) is 6.11. The molecule has 1 amide bonds. The molecule has 41 heavy (non-hydrogen) atoms. The number of ether oxygens (including phenoxy) is 1. The Hall–Kier alpha value is -3.82. The molecule has 3 heterocycles. The molecule has 1 fully saturated rings. The van der Waals surface area contributed by atoms with E-state index in [0.29, 0.717) is 37.4 Å². The van der Waals surface area contributed by atoms with Crippen LogP contribution in [0.4, 0.5) is 0 Å². The fraction of sp³-hybridized carbons (Fsp3) is 0.0645. The molecular formula is C31H21Cl2N3O3S2. The number of hydrogen-bond donors (Lipinski definition) is 0. The summed E-state index contributed by atoms with van der Waals surface area (Å²) in [5.41, 5.74) is 4.12. The predicted octanol–water partition coefficient (Wildman–Crippen LogP) is 8.42. The molecule has 1 aliphatic heterocycles. The predicted molar refractivity (Wildman–Crippen MR) is 167 cm³/mol. The Morgan fingerprint density at radius 2 is 1.80 bits per heavy atom. The van der Waals surface area contributed by atoms with Crippen molar-refractivity contribution in [2.45, 2.75) is 13.2 Å². The zero-order chi connectivity index (χ0) is 28.3. The first-order valence-electron chi connectivity index (χ1n) is 12.5. The minimum absolute atomic E-state index is 0.167. The molecular weight excluding hydrogens is 597 g/mol. The minimum Gasteiger partial charge on any atom is -0.489 e. The molecule has 6 rings (SSSR count). The number of thioether (sulfide) groups is 1. The van der Waals surface area contributed by atoms with Crippen LogP contribution in [0.5, 0.6) is 5.75 Å². The summed E-state index contributed by atoms with van der Waals surface area (Å²) in [7, 11) is 0. The zero-order valence-corrected chi connectivity index (χ0v) is 24.5. The minimum atomic E-state index is -0.167. The van der Waals surface area contributed by atoms with Crippen LogP contribution < -0.4 is 4.74 Å². The van der Waals surface area contributed by atoms with Gasteiger partial charge in [0.2, 0.25) is 0 Å². The van der Waals surface area contributed by atoms with E-state index in [0.717, 1.165) is 28.1 Å². The SMILES string of the molecule is O=C1/C(=C/c2cn(-c3ccccc3)nc2-c2ccc(OCc3ccc(Cl)cc3Cl)cc2)SC(=S)N1Cc1ccco1. The van der Waals surface area contributed by atoms with Crippen LogP contribution in [0.1, 0.15) is 16.9 Å². The van der Waals surface area contributed by atoms with Crippen LogP contribution in [-0.4, -0.2) is 24.9 Å². The van der Waals surface area contributed by atoms with E-state index in [-0.39, 0.29) is 12.5 Å². The van der Waals surface area contributed by atoms with Crippen molar-refractivity contribution >= 4 is 63.5 Å². The van der Waals surface area contributed by atoms with Gasteiger partial charge in [0.25, 0.3) is 5.91 Å². The molecule has 0 radical (unpaired) electrons. The maximum Gasteiger partial charge on any atom is 0.266 e. The van der Waals surface area contributed by atoms with Gasteiger partial charge < -0.3 is 9.15 Å². The van der Waals surface area contributed by atoms with Crippen LogP contribution in [0.15, 0.2) is 107 Å². The van der Waals surface area contributed by atoms with Crippen molar-refractivity contribution in [1.29, 1.82) is 0 Å². The number of nitrogens with zero attached hydrogens (tertiary/aromatic N) is 3. The first-order chi connectivity index (χ1) is 19.9. The van der Waals surface area contributed by atoms with Gasteiger partial charge in [-0.2, -0.15) is 5.10 Å². The van der Waals surface area contributed by atoms with Gasteiger partial charge in [0.05, 0.1) is 29.1 Å². The van der Waals surface area contributed by atoms with Gasteiger partial charge in [-0.1, -0.05) is 71.4 Å². The van der Waals surface area contributed by atoms with Gasteiger partial charge in [0.1, 0.15) is 22.4 Å². The molecule has 0 N–H and O–H groups in total. The number of benzene rings is 3. The fourth-order valence-corrected chi connectivity index (χ4v) is 5.98. The highest BCUT2D eigenvalue weighted by molar-refractivity contribution is 8.26. The summed E-state index contributed by atoms with van der Waals surface area (Å²) in [5, 5.41) is 6.01. The highest BCUT2D eigenvalue weighted by Crippen LogP contribution is 2.36. The molecule has 10 heteroatoms. The highest BCUT2D eigenvalue weighted by atomic mass is 35.5. The lowest BCUT2D eigenvalue weighted by Crippen LogP contribution is -2.27. The molecule has 1 aliphatic rings. The van der Waals surface area contributed by atoms with E-state index < -0.39 is 0 Å². The van der Waals surface area contributed by atoms with Crippen molar-refractivity contribution < 1.29 is 13.9 Å². The number of carbonyl (C=O) groups excluding carboxylic acids is 1. The van der Waals surface area contributed by atoms with Crippen molar-refractivity contribution in [3.63, 3.8) is 0 Å². The maximum atomic E-state index is 13.3. The molecule has 3 aromatic carbocycles. The number of rotatable bonds is 8. The van der Waals surface area contributed by atoms with Crippen molar-refractivity contribution in [1.82, 2.24) is 14.7 Å². The molecule has 204 valence electrons. The highest BCUT2D eigenvalue weighted by Gasteiger charge is 2.33. The van der Waals surface area contributed by atoms with Crippen molar-refractivity contribution in [3.05, 3.63) is 129 Å². The van der Waals surface area contributed by atoms with E-state index in [9.17, 15) is 4.79 Å². The standard InChI is InChI=1S/C31H21Cl2N3O3S2/c32-23-11-8-21(27(33)16-23)19-39-25-12-9-20(10-13-25)29-22(17-36(34-29)24-5-2-1-3-6-24)15-28-30(37)35(31(40)41-28)18-26-7-4-14-38-26/h1-17H,18-19H2/b28-15-. The molecule has 6 nitrogen and oxygen atoms in total. The Balaban J connectivity index is 1.28. The summed E-state index contributed by atoms with van der Waals surface area (Å²) in [5.74, 6) is 1.18. The average Bonchev–Trinajstić information content (AvgIpc) is 3.71. The second kappa shape index (κ2) is 12.0. The number of carbonyl (C=O) groups is 1. The number of amides is 1. The number of halogens is 2. The summed E-state index contributed by atoms with van der Waals surface area (Å²) < 4.78 is 13.7. The van der Waals surface area contributed by atoms with E-state index in [1.165, 1.54) is 11.8 Å². The largest absolute Gasteiger partial charge is 0.489 e. The Labute approximate surface area is 256 Å². The second-order valence-electron chi connectivity index (χ2n) is 9.11. The van der Waals surface area contributed by atoms with Gasteiger partial charge in [-0.15, -0.1) is 0 Å². The zero-order valence-electron chi connectivity index (χ0n) is 21.4. The van der Waals surface area contributed by atoms with Gasteiger partial charge in [0.15, 0.2) is 0 Å². The molecule has 0 aliphatic carbocycles. The van der Waals surface area contributed by atoms with Gasteiger partial charge in [0, 0.05) is 32.9 Å². The molecule has 5 aromatic rings. The molecule has 0 bridgehead atoms. The summed E-state index contributed by atoms with van der Waals surface area (Å²) in [6.07, 6.45) is 5.34. The number of hydrogen-bond acceptors (Lipinski definition) is 6. The van der Waals surface area contributed by atoms with Crippen LogP contribution in [0, 0.1) is 0 Å². The second-order valence-corrected chi connectivity index (χ2v) is 11.6. The smallest absolute Gasteiger partial charge is 0.266 e. The lowest BCUT2D eigenvalue weighted by atomic mass is 10.1. The number of furan rings is 1. The summed E-state index contributed by atoms with van der Waals surface area (Å²) in [4.78, 5) is 15.4. The van der Waals surface area contributed by atoms with E-state index in [2.05, 4.69) is 0 Å². The maximum absolute atomic E-state index is 13.3. The Morgan fingerprint density at radius 3 is 2.54 bits per heavy atom. The monoisotopic (exact) mass is 617 g/mol. The molecule has 0 saturated carbocycles. The van der Waals surface area contributed by atoms with E-state index >= 15 is 0 Å². The number of thiocarbonyl (C=S) groups is 1. The molecule has 0 spiro atoms. The van der Waals surface area contributed by atoms with Crippen LogP contribution in [0.3, 0.4) is 0 Å². The van der Waals surface area contributed by atoms with Crippen LogP contribution >= 0.6 is 47.2 Å². The van der Waals surface area contributed by atoms with E-state index in [1.807, 2.05) is 79.0 Å². The summed E-state index contributed by atoms with van der Waals surface area (Å²) >= 11 is 19.1. The molecule has 0 atom stereocenters. The van der Waals surface area contributed by atoms with E-state index in [1.54, 1.807) is 34.0 Å². The average molecular weight is 619 g/mol. The quantitative estimate of drug-likeness (QED) is 0.129. The van der Waals surface area contributed by atoms with Gasteiger partial charge >= 0.3 is 0 Å². The van der Waals surface area contributed by atoms with Crippen LogP contribution in [0.2, 0.25) is 10.0 Å². The summed E-state index contributed by atoms with van der Waals surface area (Å²) in [6.45, 7) is 0.594. The van der Waals surface area contributed by atoms with Gasteiger partial charge in [-0.3, -0.25) is 9.69 Å². The number of para-hydroxylation sites is 1. The van der Waals surface area contributed by atoms with Gasteiger partial charge in [-0.05, 0) is 66.7 Å². The lowest BCUT2D eigenvalue weighted by molar-refractivity contribution is -0.122. The Kier molecular flexibility index (Phi) is 7.98. The topological polar surface area (TPSA) is 60.5 Å². The van der Waals surface area contributed by atoms with Crippen LogP contribution in [-0.2, 0) is 17.9 Å². The van der Waals surface area contributed by atoms with Gasteiger partial charge in [-0.25, -0.2) is 4.68 Å². The first kappa shape index (κ1) is 27.4. The molecule has 0 unspecified atom stereocenters. The summed E-state index contributed by atoms with van der Waals surface area (Å²) in [6, 6.07) is 26.4. The number of aromatic nitrogens is 2. The third-order valence-electron chi connectivity index (χ3n) is 6.35. The Bertz CT molecular complexity index is 1750. The van der Waals surface area contributed by atoms with Crippen molar-refractivity contribution in [2.75, 3.05) is 0 Å². The van der Waals surface area contributed by atoms with Crippen molar-refractivity contribution in [2.24, 2.45) is 0 Å². The van der Waals surface area contributed by atoms with Crippen LogP contribution in [0.25, 0.3) is 23.0 Å². The molecule has 1 saturated heterocycles. The Morgan fingerprint density at radius 1 is 1.00 bits per heavy atom. The third-order valence-corrected chi connectivity index (χ3v) is 8.32. The van der Waals surface area contributed by atoms with E-state index in [4.69, 9.17) is 49.7 Å². The van der Waals surface area contributed by atoms with Crippen molar-refractivity contribution in [3.8, 4) is 22.7 Å². The lowest BCUT2D eigenvalue weighted by Gasteiger charge is -2.11. The fourth-order valence-electron chi connectivity index (χ4n) is 4.28. The molecule has 2 aromatic heterocycles.